The smallest absolute Gasteiger partial charge is 0.205 e. The van der Waals surface area contributed by atoms with Gasteiger partial charge in [0.1, 0.15) is 5.52 Å². The molecule has 0 fully saturated rings. The molecule has 0 atom stereocenters. The molecule has 0 radical (unpaired) electrons. The molecule has 0 bridgehead atoms. The highest BCUT2D eigenvalue weighted by atomic mass is 35.5. The van der Waals surface area contributed by atoms with Gasteiger partial charge in [-0.05, 0) is 18.2 Å². The summed E-state index contributed by atoms with van der Waals surface area (Å²) in [7, 11) is 1.67. The van der Waals surface area contributed by atoms with Crippen molar-refractivity contribution in [1.82, 2.24) is 9.55 Å². The van der Waals surface area contributed by atoms with Crippen LogP contribution in [-0.2, 0) is 11.3 Å². The number of anilines is 1. The predicted octanol–water partition coefficient (Wildman–Crippen LogP) is 3.41. The van der Waals surface area contributed by atoms with Gasteiger partial charge < -0.3 is 10.5 Å². The molecule has 0 amide bonds. The number of rotatable bonds is 3. The standard InChI is InChI=1S/C15H14ClN3O/c1-20-9-10-5-2-3-7-12(10)19-13-8-4-6-11(16)14(13)18-15(19)17/h2-8H,9H2,1H3,(H2,17,18). The molecule has 20 heavy (non-hydrogen) atoms. The van der Waals surface area contributed by atoms with Gasteiger partial charge in [0, 0.05) is 12.7 Å². The van der Waals surface area contributed by atoms with Gasteiger partial charge in [0.25, 0.3) is 0 Å². The number of hydrogen-bond acceptors (Lipinski definition) is 3. The molecule has 1 heterocycles. The van der Waals surface area contributed by atoms with Gasteiger partial charge in [-0.15, -0.1) is 0 Å². The van der Waals surface area contributed by atoms with E-state index in [1.165, 1.54) is 0 Å². The number of methoxy groups -OCH3 is 1. The molecule has 1 aromatic heterocycles. The Bertz CT molecular complexity index is 767. The van der Waals surface area contributed by atoms with Crippen molar-refractivity contribution in [3.05, 3.63) is 53.1 Å². The third kappa shape index (κ3) is 2.03. The molecule has 0 unspecified atom stereocenters. The maximum absolute atomic E-state index is 6.17. The first-order valence-corrected chi connectivity index (χ1v) is 6.60. The highest BCUT2D eigenvalue weighted by molar-refractivity contribution is 6.35. The second kappa shape index (κ2) is 5.15. The summed E-state index contributed by atoms with van der Waals surface area (Å²) in [6.45, 7) is 0.510. The van der Waals surface area contributed by atoms with Crippen LogP contribution in [0.5, 0.6) is 0 Å². The second-order valence-corrected chi connectivity index (χ2v) is 4.88. The summed E-state index contributed by atoms with van der Waals surface area (Å²) in [5, 5.41) is 0.595. The fourth-order valence-electron chi connectivity index (χ4n) is 2.34. The Kier molecular flexibility index (Phi) is 3.34. The fourth-order valence-corrected chi connectivity index (χ4v) is 2.55. The minimum atomic E-state index is 0.414. The van der Waals surface area contributed by atoms with Crippen molar-refractivity contribution in [3.8, 4) is 5.69 Å². The van der Waals surface area contributed by atoms with Crippen molar-refractivity contribution in [1.29, 1.82) is 0 Å². The SMILES string of the molecule is COCc1ccccc1-n1c(N)nc2c(Cl)cccc21. The summed E-state index contributed by atoms with van der Waals surface area (Å²) < 4.78 is 7.14. The van der Waals surface area contributed by atoms with E-state index in [0.29, 0.717) is 23.1 Å². The van der Waals surface area contributed by atoms with Crippen molar-refractivity contribution in [2.45, 2.75) is 6.61 Å². The summed E-state index contributed by atoms with van der Waals surface area (Å²) in [4.78, 5) is 4.36. The first kappa shape index (κ1) is 13.0. The van der Waals surface area contributed by atoms with Gasteiger partial charge in [-0.3, -0.25) is 4.57 Å². The van der Waals surface area contributed by atoms with E-state index in [9.17, 15) is 0 Å². The summed E-state index contributed by atoms with van der Waals surface area (Å²) >= 11 is 6.17. The molecule has 4 nitrogen and oxygen atoms in total. The van der Waals surface area contributed by atoms with Gasteiger partial charge >= 0.3 is 0 Å². The van der Waals surface area contributed by atoms with Gasteiger partial charge in [0.05, 0.1) is 22.8 Å². The van der Waals surface area contributed by atoms with Crippen LogP contribution in [0, 0.1) is 0 Å². The summed E-state index contributed by atoms with van der Waals surface area (Å²) in [6, 6.07) is 13.6. The van der Waals surface area contributed by atoms with Gasteiger partial charge in [-0.25, -0.2) is 4.98 Å². The lowest BCUT2D eigenvalue weighted by Gasteiger charge is -2.12. The van der Waals surface area contributed by atoms with Crippen LogP contribution < -0.4 is 5.73 Å². The van der Waals surface area contributed by atoms with Crippen LogP contribution in [0.25, 0.3) is 16.7 Å². The Morgan fingerprint density at radius 1 is 1.20 bits per heavy atom. The van der Waals surface area contributed by atoms with E-state index in [-0.39, 0.29) is 0 Å². The fraction of sp³-hybridized carbons (Fsp3) is 0.133. The number of halogens is 1. The van der Waals surface area contributed by atoms with Crippen LogP contribution in [0.1, 0.15) is 5.56 Å². The third-order valence-corrected chi connectivity index (χ3v) is 3.50. The normalized spacial score (nSPS) is 11.1. The maximum Gasteiger partial charge on any atom is 0.205 e. The summed E-state index contributed by atoms with van der Waals surface area (Å²) in [6.07, 6.45) is 0. The Labute approximate surface area is 121 Å². The molecule has 0 aliphatic carbocycles. The quantitative estimate of drug-likeness (QED) is 0.803. The van der Waals surface area contributed by atoms with Gasteiger partial charge in [-0.2, -0.15) is 0 Å². The molecule has 102 valence electrons. The van der Waals surface area contributed by atoms with Crippen LogP contribution in [0.15, 0.2) is 42.5 Å². The Hall–Kier alpha value is -2.04. The lowest BCUT2D eigenvalue weighted by Crippen LogP contribution is -2.04. The second-order valence-electron chi connectivity index (χ2n) is 4.47. The van der Waals surface area contributed by atoms with Crippen molar-refractivity contribution in [2.75, 3.05) is 12.8 Å². The average molecular weight is 288 g/mol. The van der Waals surface area contributed by atoms with E-state index in [2.05, 4.69) is 4.98 Å². The number of aromatic nitrogens is 2. The van der Waals surface area contributed by atoms with Crippen LogP contribution >= 0.6 is 11.6 Å². The number of nitrogens with zero attached hydrogens (tertiary/aromatic N) is 2. The topological polar surface area (TPSA) is 53.1 Å². The van der Waals surface area contributed by atoms with E-state index in [1.807, 2.05) is 47.0 Å². The number of fused-ring (bicyclic) bond motifs is 1. The highest BCUT2D eigenvalue weighted by Crippen LogP contribution is 2.29. The van der Waals surface area contributed by atoms with Gasteiger partial charge in [0.2, 0.25) is 5.95 Å². The van der Waals surface area contributed by atoms with Gasteiger partial charge in [0.15, 0.2) is 0 Å². The number of nitrogen functional groups attached to an aromatic ring is 1. The minimum absolute atomic E-state index is 0.414. The number of hydrogen-bond donors (Lipinski definition) is 1. The van der Waals surface area contributed by atoms with E-state index >= 15 is 0 Å². The van der Waals surface area contributed by atoms with Crippen LogP contribution in [0.4, 0.5) is 5.95 Å². The minimum Gasteiger partial charge on any atom is -0.380 e. The number of ether oxygens (including phenoxy) is 1. The number of imidazole rings is 1. The summed E-state index contributed by atoms with van der Waals surface area (Å²) in [5.74, 6) is 0.414. The van der Waals surface area contributed by atoms with Crippen molar-refractivity contribution < 1.29 is 4.74 Å². The molecule has 2 N–H and O–H groups in total. The van der Waals surface area contributed by atoms with Crippen molar-refractivity contribution in [3.63, 3.8) is 0 Å². The van der Waals surface area contributed by atoms with Crippen molar-refractivity contribution >= 4 is 28.6 Å². The molecule has 2 aromatic carbocycles. The molecule has 0 saturated carbocycles. The Morgan fingerprint density at radius 2 is 2.00 bits per heavy atom. The maximum atomic E-state index is 6.17. The van der Waals surface area contributed by atoms with E-state index < -0.39 is 0 Å². The molecular formula is C15H14ClN3O. The van der Waals surface area contributed by atoms with E-state index in [0.717, 1.165) is 16.8 Å². The molecule has 0 saturated heterocycles. The number of para-hydroxylation sites is 2. The number of benzene rings is 2. The lowest BCUT2D eigenvalue weighted by molar-refractivity contribution is 0.185. The molecule has 3 rings (SSSR count). The average Bonchev–Trinajstić information content (AvgIpc) is 2.78. The zero-order valence-corrected chi connectivity index (χ0v) is 11.8. The lowest BCUT2D eigenvalue weighted by atomic mass is 10.2. The largest absolute Gasteiger partial charge is 0.380 e. The highest BCUT2D eigenvalue weighted by Gasteiger charge is 2.14. The Balaban J connectivity index is 2.30. The van der Waals surface area contributed by atoms with Crippen LogP contribution in [0.3, 0.4) is 0 Å². The van der Waals surface area contributed by atoms with E-state index in [4.69, 9.17) is 22.1 Å². The van der Waals surface area contributed by atoms with E-state index in [1.54, 1.807) is 7.11 Å². The predicted molar refractivity (Wildman–Crippen MR) is 81.2 cm³/mol. The van der Waals surface area contributed by atoms with Crippen molar-refractivity contribution in [2.24, 2.45) is 0 Å². The molecule has 0 aliphatic rings. The third-order valence-electron chi connectivity index (χ3n) is 3.19. The zero-order chi connectivity index (χ0) is 14.1. The molecule has 0 spiro atoms. The summed E-state index contributed by atoms with van der Waals surface area (Å²) in [5.41, 5.74) is 9.66. The molecule has 5 heteroatoms. The molecule has 3 aromatic rings. The molecule has 0 aliphatic heterocycles. The first-order valence-electron chi connectivity index (χ1n) is 6.22. The number of nitrogens with two attached hydrogens (primary N) is 1. The first-order chi connectivity index (χ1) is 9.72. The van der Waals surface area contributed by atoms with Crippen LogP contribution in [0.2, 0.25) is 5.02 Å². The zero-order valence-electron chi connectivity index (χ0n) is 11.0. The monoisotopic (exact) mass is 287 g/mol. The van der Waals surface area contributed by atoms with Crippen LogP contribution in [-0.4, -0.2) is 16.7 Å². The van der Waals surface area contributed by atoms with Gasteiger partial charge in [-0.1, -0.05) is 35.9 Å². The Morgan fingerprint density at radius 3 is 2.80 bits per heavy atom. The molecular weight excluding hydrogens is 274 g/mol.